The Morgan fingerprint density at radius 3 is 2.61 bits per heavy atom. The van der Waals surface area contributed by atoms with E-state index in [1.54, 1.807) is 7.11 Å². The molecule has 0 saturated heterocycles. The summed E-state index contributed by atoms with van der Waals surface area (Å²) in [5.74, 6) is 1.19. The number of methoxy groups -OCH3 is 1. The van der Waals surface area contributed by atoms with Gasteiger partial charge in [0.1, 0.15) is 5.75 Å². The summed E-state index contributed by atoms with van der Waals surface area (Å²) in [5, 5.41) is 3.01. The molecular formula is C20H25NO2. The second kappa shape index (κ2) is 8.37. The van der Waals surface area contributed by atoms with Gasteiger partial charge in [0.05, 0.1) is 7.11 Å². The summed E-state index contributed by atoms with van der Waals surface area (Å²) < 4.78 is 5.37. The summed E-state index contributed by atoms with van der Waals surface area (Å²) in [6.07, 6.45) is 1.28. The SMILES string of the molecule is COc1ccc(C)cc1CCNC(=O)C[C@@H](C)c1ccccc1. The molecule has 0 unspecified atom stereocenters. The molecule has 0 aliphatic carbocycles. The summed E-state index contributed by atoms with van der Waals surface area (Å²) in [4.78, 5) is 12.1. The van der Waals surface area contributed by atoms with Gasteiger partial charge in [-0.25, -0.2) is 0 Å². The second-order valence-corrected chi connectivity index (χ2v) is 5.93. The van der Waals surface area contributed by atoms with Gasteiger partial charge in [-0.05, 0) is 36.5 Å². The Morgan fingerprint density at radius 2 is 1.91 bits per heavy atom. The molecule has 0 heterocycles. The Balaban J connectivity index is 1.82. The predicted octanol–water partition coefficient (Wildman–Crippen LogP) is 3.86. The lowest BCUT2D eigenvalue weighted by Gasteiger charge is -2.13. The molecule has 3 nitrogen and oxygen atoms in total. The molecular weight excluding hydrogens is 286 g/mol. The van der Waals surface area contributed by atoms with Crippen LogP contribution in [0.1, 0.15) is 36.0 Å². The Hall–Kier alpha value is -2.29. The number of amides is 1. The molecule has 0 aliphatic rings. The van der Waals surface area contributed by atoms with Gasteiger partial charge in [0.2, 0.25) is 5.91 Å². The van der Waals surface area contributed by atoms with E-state index in [1.165, 1.54) is 11.1 Å². The lowest BCUT2D eigenvalue weighted by molar-refractivity contribution is -0.121. The van der Waals surface area contributed by atoms with E-state index in [0.29, 0.717) is 13.0 Å². The Kier molecular flexibility index (Phi) is 6.21. The molecule has 0 fully saturated rings. The fraction of sp³-hybridized carbons (Fsp3) is 0.350. The van der Waals surface area contributed by atoms with Crippen LogP contribution in [0.2, 0.25) is 0 Å². The lowest BCUT2D eigenvalue weighted by atomic mass is 9.97. The predicted molar refractivity (Wildman–Crippen MR) is 93.9 cm³/mol. The van der Waals surface area contributed by atoms with Crippen LogP contribution in [-0.4, -0.2) is 19.6 Å². The van der Waals surface area contributed by atoms with Crippen LogP contribution in [0.25, 0.3) is 0 Å². The molecule has 0 aliphatic heterocycles. The van der Waals surface area contributed by atoms with Gasteiger partial charge in [-0.1, -0.05) is 55.0 Å². The van der Waals surface area contributed by atoms with E-state index in [1.807, 2.05) is 30.3 Å². The highest BCUT2D eigenvalue weighted by Gasteiger charge is 2.11. The molecule has 1 amide bonds. The number of carbonyl (C=O) groups is 1. The summed E-state index contributed by atoms with van der Waals surface area (Å²) in [6.45, 7) is 4.77. The minimum Gasteiger partial charge on any atom is -0.496 e. The van der Waals surface area contributed by atoms with Crippen LogP contribution in [0.5, 0.6) is 5.75 Å². The fourth-order valence-corrected chi connectivity index (χ4v) is 2.69. The molecule has 3 heteroatoms. The Bertz CT molecular complexity index is 637. The van der Waals surface area contributed by atoms with Gasteiger partial charge < -0.3 is 10.1 Å². The van der Waals surface area contributed by atoms with Crippen LogP contribution in [0.15, 0.2) is 48.5 Å². The highest BCUT2D eigenvalue weighted by atomic mass is 16.5. The van der Waals surface area contributed by atoms with Crippen LogP contribution in [0.4, 0.5) is 0 Å². The summed E-state index contributed by atoms with van der Waals surface area (Å²) in [7, 11) is 1.67. The summed E-state index contributed by atoms with van der Waals surface area (Å²) in [5.41, 5.74) is 3.52. The maximum atomic E-state index is 12.1. The standard InChI is InChI=1S/C20H25NO2/c1-15-9-10-19(23-3)18(13-15)11-12-21-20(22)14-16(2)17-7-5-4-6-8-17/h4-10,13,16H,11-12,14H2,1-3H3,(H,21,22)/t16-/m1/s1. The molecule has 1 atom stereocenters. The van der Waals surface area contributed by atoms with Crippen LogP contribution >= 0.6 is 0 Å². The molecule has 0 aromatic heterocycles. The number of carbonyl (C=O) groups excluding carboxylic acids is 1. The van der Waals surface area contributed by atoms with E-state index in [-0.39, 0.29) is 11.8 Å². The largest absolute Gasteiger partial charge is 0.496 e. The highest BCUT2D eigenvalue weighted by Crippen LogP contribution is 2.20. The molecule has 0 spiro atoms. The van der Waals surface area contributed by atoms with Crippen LogP contribution < -0.4 is 10.1 Å². The van der Waals surface area contributed by atoms with Gasteiger partial charge in [-0.3, -0.25) is 4.79 Å². The molecule has 122 valence electrons. The van der Waals surface area contributed by atoms with Gasteiger partial charge in [0.25, 0.3) is 0 Å². The van der Waals surface area contributed by atoms with Crippen molar-refractivity contribution >= 4 is 5.91 Å². The van der Waals surface area contributed by atoms with Crippen molar-refractivity contribution in [2.24, 2.45) is 0 Å². The van der Waals surface area contributed by atoms with Gasteiger partial charge in [0.15, 0.2) is 0 Å². The van der Waals surface area contributed by atoms with Crippen molar-refractivity contribution in [1.82, 2.24) is 5.32 Å². The molecule has 23 heavy (non-hydrogen) atoms. The zero-order valence-corrected chi connectivity index (χ0v) is 14.1. The highest BCUT2D eigenvalue weighted by molar-refractivity contribution is 5.76. The van der Waals surface area contributed by atoms with Gasteiger partial charge in [-0.15, -0.1) is 0 Å². The maximum Gasteiger partial charge on any atom is 0.220 e. The molecule has 2 aromatic rings. The van der Waals surface area contributed by atoms with Crippen molar-refractivity contribution < 1.29 is 9.53 Å². The number of nitrogens with one attached hydrogen (secondary N) is 1. The summed E-state index contributed by atoms with van der Waals surface area (Å²) >= 11 is 0. The molecule has 2 aromatic carbocycles. The molecule has 2 rings (SSSR count). The smallest absolute Gasteiger partial charge is 0.220 e. The van der Waals surface area contributed by atoms with Crippen LogP contribution in [0.3, 0.4) is 0 Å². The first-order chi connectivity index (χ1) is 11.1. The minimum atomic E-state index is 0.0907. The molecule has 1 N–H and O–H groups in total. The number of benzene rings is 2. The zero-order valence-electron chi connectivity index (χ0n) is 14.1. The van der Waals surface area contributed by atoms with Crippen molar-refractivity contribution in [3.63, 3.8) is 0 Å². The van der Waals surface area contributed by atoms with Crippen molar-refractivity contribution in [3.8, 4) is 5.75 Å². The van der Waals surface area contributed by atoms with Gasteiger partial charge in [-0.2, -0.15) is 0 Å². The summed E-state index contributed by atoms with van der Waals surface area (Å²) in [6, 6.07) is 16.3. The minimum absolute atomic E-state index is 0.0907. The molecule has 0 radical (unpaired) electrons. The van der Waals surface area contributed by atoms with E-state index in [9.17, 15) is 4.79 Å². The van der Waals surface area contributed by atoms with Crippen molar-refractivity contribution in [2.75, 3.05) is 13.7 Å². The quantitative estimate of drug-likeness (QED) is 0.843. The van der Waals surface area contributed by atoms with Crippen LogP contribution in [0, 0.1) is 6.92 Å². The van der Waals surface area contributed by atoms with E-state index in [2.05, 4.69) is 37.4 Å². The van der Waals surface area contributed by atoms with Crippen molar-refractivity contribution in [1.29, 1.82) is 0 Å². The second-order valence-electron chi connectivity index (χ2n) is 5.93. The monoisotopic (exact) mass is 311 g/mol. The molecule has 0 bridgehead atoms. The first-order valence-corrected chi connectivity index (χ1v) is 8.05. The topological polar surface area (TPSA) is 38.3 Å². The number of hydrogen-bond acceptors (Lipinski definition) is 2. The van der Waals surface area contributed by atoms with E-state index in [4.69, 9.17) is 4.74 Å². The lowest BCUT2D eigenvalue weighted by Crippen LogP contribution is -2.26. The third-order valence-corrected chi connectivity index (χ3v) is 4.01. The van der Waals surface area contributed by atoms with Crippen LogP contribution in [-0.2, 0) is 11.2 Å². The number of hydrogen-bond donors (Lipinski definition) is 1. The van der Waals surface area contributed by atoms with Gasteiger partial charge >= 0.3 is 0 Å². The van der Waals surface area contributed by atoms with Crippen molar-refractivity contribution in [2.45, 2.75) is 32.6 Å². The van der Waals surface area contributed by atoms with Crippen molar-refractivity contribution in [3.05, 3.63) is 65.2 Å². The zero-order chi connectivity index (χ0) is 16.7. The van der Waals surface area contributed by atoms with E-state index in [0.717, 1.165) is 17.7 Å². The fourth-order valence-electron chi connectivity index (χ4n) is 2.69. The number of ether oxygens (including phenoxy) is 1. The Morgan fingerprint density at radius 1 is 1.17 bits per heavy atom. The van der Waals surface area contributed by atoms with Gasteiger partial charge in [0, 0.05) is 13.0 Å². The first kappa shape index (κ1) is 17.1. The number of rotatable bonds is 7. The average Bonchev–Trinajstić information content (AvgIpc) is 2.56. The normalized spacial score (nSPS) is 11.8. The average molecular weight is 311 g/mol. The third kappa shape index (κ3) is 5.13. The first-order valence-electron chi connectivity index (χ1n) is 8.05. The Labute approximate surface area is 138 Å². The van der Waals surface area contributed by atoms with E-state index >= 15 is 0 Å². The molecule has 0 saturated carbocycles. The maximum absolute atomic E-state index is 12.1. The van der Waals surface area contributed by atoms with E-state index < -0.39 is 0 Å². The number of aryl methyl sites for hydroxylation is 1. The third-order valence-electron chi connectivity index (χ3n) is 4.01.